The predicted octanol–water partition coefficient (Wildman–Crippen LogP) is 4.81. The molecule has 1 fully saturated rings. The van der Waals surface area contributed by atoms with Crippen LogP contribution in [0.3, 0.4) is 0 Å². The molecule has 6 heteroatoms. The van der Waals surface area contributed by atoms with Crippen LogP contribution >= 0.6 is 11.3 Å². The quantitative estimate of drug-likeness (QED) is 0.551. The van der Waals surface area contributed by atoms with E-state index in [1.165, 1.54) is 5.56 Å². The van der Waals surface area contributed by atoms with E-state index in [2.05, 4.69) is 27.0 Å². The Morgan fingerprint density at radius 1 is 1.03 bits per heavy atom. The van der Waals surface area contributed by atoms with Crippen molar-refractivity contribution < 1.29 is 14.3 Å². The van der Waals surface area contributed by atoms with Gasteiger partial charge in [-0.15, -0.1) is 0 Å². The van der Waals surface area contributed by atoms with Gasteiger partial charge in [-0.2, -0.15) is 11.3 Å². The van der Waals surface area contributed by atoms with Gasteiger partial charge < -0.3 is 14.8 Å². The second kappa shape index (κ2) is 9.98. The lowest BCUT2D eigenvalue weighted by Crippen LogP contribution is -2.39. The summed E-state index contributed by atoms with van der Waals surface area (Å²) >= 11 is 1.71. The van der Waals surface area contributed by atoms with Gasteiger partial charge in [-0.25, -0.2) is 0 Å². The number of hydrogen-bond donors (Lipinski definition) is 1. The molecule has 1 atom stereocenters. The summed E-state index contributed by atoms with van der Waals surface area (Å²) in [5, 5.41) is 7.56. The van der Waals surface area contributed by atoms with Crippen LogP contribution in [0.25, 0.3) is 0 Å². The summed E-state index contributed by atoms with van der Waals surface area (Å²) in [6, 6.07) is 17.9. The van der Waals surface area contributed by atoms with Gasteiger partial charge in [0.1, 0.15) is 11.5 Å². The van der Waals surface area contributed by atoms with E-state index in [9.17, 15) is 4.79 Å². The van der Waals surface area contributed by atoms with Crippen LogP contribution in [0.2, 0.25) is 0 Å². The lowest BCUT2D eigenvalue weighted by Gasteiger charge is -2.26. The van der Waals surface area contributed by atoms with Crippen molar-refractivity contribution in [3.8, 4) is 11.5 Å². The van der Waals surface area contributed by atoms with E-state index >= 15 is 0 Å². The van der Waals surface area contributed by atoms with Gasteiger partial charge in [0.2, 0.25) is 5.91 Å². The van der Waals surface area contributed by atoms with Crippen LogP contribution in [0.5, 0.6) is 11.5 Å². The lowest BCUT2D eigenvalue weighted by molar-refractivity contribution is -0.123. The van der Waals surface area contributed by atoms with E-state index in [4.69, 9.17) is 9.47 Å². The lowest BCUT2D eigenvalue weighted by atomic mass is 9.98. The van der Waals surface area contributed by atoms with E-state index in [1.807, 2.05) is 48.5 Å². The fourth-order valence-electron chi connectivity index (χ4n) is 4.20. The molecule has 1 aliphatic rings. The maximum atomic E-state index is 13.1. The number of thiophene rings is 1. The number of ether oxygens (including phenoxy) is 2. The van der Waals surface area contributed by atoms with Crippen LogP contribution in [0.15, 0.2) is 65.4 Å². The van der Waals surface area contributed by atoms with Gasteiger partial charge in [0.25, 0.3) is 0 Å². The summed E-state index contributed by atoms with van der Waals surface area (Å²) in [6.45, 7) is 1.34. The molecule has 0 radical (unpaired) electrons. The third-order valence-electron chi connectivity index (χ3n) is 5.84. The number of benzene rings is 2. The monoisotopic (exact) mass is 436 g/mol. The van der Waals surface area contributed by atoms with Crippen LogP contribution in [0.1, 0.15) is 41.6 Å². The van der Waals surface area contributed by atoms with Crippen molar-refractivity contribution in [2.75, 3.05) is 27.3 Å². The van der Waals surface area contributed by atoms with Gasteiger partial charge in [-0.3, -0.25) is 9.69 Å². The number of nitrogens with zero attached hydrogens (tertiary/aromatic N) is 1. The van der Waals surface area contributed by atoms with Gasteiger partial charge in [-0.05, 0) is 77.2 Å². The number of carbonyl (C=O) groups is 1. The normalized spacial score (nSPS) is 16.4. The van der Waals surface area contributed by atoms with E-state index in [1.54, 1.807) is 25.6 Å². The van der Waals surface area contributed by atoms with Crippen LogP contribution in [0.4, 0.5) is 0 Å². The maximum absolute atomic E-state index is 13.1. The highest BCUT2D eigenvalue weighted by Gasteiger charge is 2.28. The number of likely N-dealkylation sites (tertiary alicyclic amines) is 1. The van der Waals surface area contributed by atoms with Crippen LogP contribution < -0.4 is 14.8 Å². The molecular formula is C25H28N2O3S. The van der Waals surface area contributed by atoms with Crippen molar-refractivity contribution in [1.82, 2.24) is 10.2 Å². The van der Waals surface area contributed by atoms with Crippen molar-refractivity contribution in [3.05, 3.63) is 82.0 Å². The third kappa shape index (κ3) is 5.09. The standard InChI is InChI=1S/C25H28N2O3S/c1-29-21-9-5-18(6-10-21)25(19-7-11-22(30-2)12-8-19)26-24(28)16-27-14-3-4-23(27)20-13-15-31-17-20/h5-13,15,17,23,25H,3-4,14,16H2,1-2H3,(H,26,28). The van der Waals surface area contributed by atoms with Gasteiger partial charge in [0.15, 0.2) is 0 Å². The fourth-order valence-corrected chi connectivity index (χ4v) is 4.91. The molecule has 0 aliphatic carbocycles. The highest BCUT2D eigenvalue weighted by Crippen LogP contribution is 2.33. The number of methoxy groups -OCH3 is 2. The molecule has 1 saturated heterocycles. The molecule has 31 heavy (non-hydrogen) atoms. The van der Waals surface area contributed by atoms with E-state index in [-0.39, 0.29) is 11.9 Å². The average molecular weight is 437 g/mol. The van der Waals surface area contributed by atoms with Gasteiger partial charge in [0, 0.05) is 6.04 Å². The molecule has 5 nitrogen and oxygen atoms in total. The zero-order valence-electron chi connectivity index (χ0n) is 17.9. The molecule has 0 saturated carbocycles. The van der Waals surface area contributed by atoms with Crippen molar-refractivity contribution in [3.63, 3.8) is 0 Å². The SMILES string of the molecule is COc1ccc(C(NC(=O)CN2CCCC2c2ccsc2)c2ccc(OC)cc2)cc1. The molecular weight excluding hydrogens is 408 g/mol. The van der Waals surface area contributed by atoms with Crippen molar-refractivity contribution in [2.24, 2.45) is 0 Å². The van der Waals surface area contributed by atoms with Gasteiger partial charge in [-0.1, -0.05) is 24.3 Å². The third-order valence-corrected chi connectivity index (χ3v) is 6.54. The Morgan fingerprint density at radius 3 is 2.16 bits per heavy atom. The van der Waals surface area contributed by atoms with Crippen molar-refractivity contribution in [2.45, 2.75) is 24.9 Å². The van der Waals surface area contributed by atoms with Crippen molar-refractivity contribution in [1.29, 1.82) is 0 Å². The van der Waals surface area contributed by atoms with Crippen LogP contribution in [0, 0.1) is 0 Å². The minimum absolute atomic E-state index is 0.0266. The largest absolute Gasteiger partial charge is 0.497 e. The molecule has 1 unspecified atom stereocenters. The zero-order valence-corrected chi connectivity index (χ0v) is 18.7. The second-order valence-corrected chi connectivity index (χ2v) is 8.51. The Morgan fingerprint density at radius 2 is 1.65 bits per heavy atom. The van der Waals surface area contributed by atoms with Crippen molar-refractivity contribution >= 4 is 17.2 Å². The summed E-state index contributed by atoms with van der Waals surface area (Å²) in [7, 11) is 3.30. The molecule has 1 N–H and O–H groups in total. The first-order valence-electron chi connectivity index (χ1n) is 10.5. The number of nitrogens with one attached hydrogen (secondary N) is 1. The zero-order chi connectivity index (χ0) is 21.6. The molecule has 1 aromatic heterocycles. The average Bonchev–Trinajstić information content (AvgIpc) is 3.50. The van der Waals surface area contributed by atoms with Gasteiger partial charge in [0.05, 0.1) is 26.8 Å². The van der Waals surface area contributed by atoms with E-state index < -0.39 is 0 Å². The first-order chi connectivity index (χ1) is 15.2. The number of rotatable bonds is 8. The summed E-state index contributed by atoms with van der Waals surface area (Å²) in [5.74, 6) is 1.61. The van der Waals surface area contributed by atoms with E-state index in [0.29, 0.717) is 12.6 Å². The summed E-state index contributed by atoms with van der Waals surface area (Å²) < 4.78 is 10.6. The van der Waals surface area contributed by atoms with Crippen LogP contribution in [-0.4, -0.2) is 38.1 Å². The molecule has 0 spiro atoms. The first kappa shape index (κ1) is 21.4. The summed E-state index contributed by atoms with van der Waals surface area (Å²) in [4.78, 5) is 15.4. The second-order valence-electron chi connectivity index (χ2n) is 7.73. The summed E-state index contributed by atoms with van der Waals surface area (Å²) in [5.41, 5.74) is 3.34. The Kier molecular flexibility index (Phi) is 6.89. The smallest absolute Gasteiger partial charge is 0.234 e. The molecule has 2 heterocycles. The number of amides is 1. The van der Waals surface area contributed by atoms with Gasteiger partial charge >= 0.3 is 0 Å². The Labute approximate surface area is 187 Å². The number of hydrogen-bond acceptors (Lipinski definition) is 5. The minimum atomic E-state index is -0.244. The molecule has 0 bridgehead atoms. The fraction of sp³-hybridized carbons (Fsp3) is 0.320. The Balaban J connectivity index is 1.52. The molecule has 1 amide bonds. The summed E-state index contributed by atoms with van der Waals surface area (Å²) in [6.07, 6.45) is 2.22. The van der Waals surface area contributed by atoms with Crippen LogP contribution in [-0.2, 0) is 4.79 Å². The molecule has 3 aromatic rings. The molecule has 4 rings (SSSR count). The Bertz CT molecular complexity index is 924. The molecule has 1 aliphatic heterocycles. The predicted molar refractivity (Wildman–Crippen MR) is 124 cm³/mol. The first-order valence-corrected chi connectivity index (χ1v) is 11.5. The maximum Gasteiger partial charge on any atom is 0.234 e. The highest BCUT2D eigenvalue weighted by atomic mass is 32.1. The highest BCUT2D eigenvalue weighted by molar-refractivity contribution is 7.07. The minimum Gasteiger partial charge on any atom is -0.497 e. The molecule has 2 aromatic carbocycles. The van der Waals surface area contributed by atoms with E-state index in [0.717, 1.165) is 42.0 Å². The Hall–Kier alpha value is -2.83. The number of carbonyl (C=O) groups excluding carboxylic acids is 1. The topological polar surface area (TPSA) is 50.8 Å². The molecule has 162 valence electrons.